The van der Waals surface area contributed by atoms with Gasteiger partial charge in [0.15, 0.2) is 0 Å². The summed E-state index contributed by atoms with van der Waals surface area (Å²) in [5.41, 5.74) is 2.30. The fraction of sp³-hybridized carbons (Fsp3) is 0.682. The largest absolute Gasteiger partial charge is 0.507 e. The van der Waals surface area contributed by atoms with E-state index in [0.717, 1.165) is 16.7 Å². The minimum absolute atomic E-state index is 0.145. The van der Waals surface area contributed by atoms with Crippen LogP contribution >= 0.6 is 7.60 Å². The highest BCUT2D eigenvalue weighted by molar-refractivity contribution is 7.54. The molecule has 0 unspecified atom stereocenters. The van der Waals surface area contributed by atoms with Crippen molar-refractivity contribution in [2.45, 2.75) is 79.1 Å². The summed E-state index contributed by atoms with van der Waals surface area (Å²) in [7, 11) is -3.37. The topological polar surface area (TPSA) is 72.8 Å². The van der Waals surface area contributed by atoms with Crippen LogP contribution in [0.5, 0.6) is 5.75 Å². The Morgan fingerprint density at radius 2 is 1.39 bits per heavy atom. The Hall–Kier alpha value is -1.16. The van der Waals surface area contributed by atoms with Crippen molar-refractivity contribution in [3.63, 3.8) is 0 Å². The van der Waals surface area contributed by atoms with Gasteiger partial charge < -0.3 is 14.2 Å². The second-order valence-corrected chi connectivity index (χ2v) is 11.2. The zero-order valence-electron chi connectivity index (χ0n) is 18.7. The Bertz CT molecular complexity index is 680. The number of aromatic hydroxyl groups is 1. The smallest absolute Gasteiger partial charge is 0.338 e. The molecule has 1 rings (SSSR count). The molecule has 0 saturated heterocycles. The van der Waals surface area contributed by atoms with E-state index in [1.54, 1.807) is 13.8 Å². The molecule has 0 bridgehead atoms. The van der Waals surface area contributed by atoms with Gasteiger partial charge in [-0.05, 0) is 47.8 Å². The van der Waals surface area contributed by atoms with Gasteiger partial charge in [0, 0.05) is 6.42 Å². The van der Waals surface area contributed by atoms with Crippen LogP contribution < -0.4 is 0 Å². The maximum atomic E-state index is 12.6. The third-order valence-electron chi connectivity index (χ3n) is 4.50. The van der Waals surface area contributed by atoms with Crippen LogP contribution in [-0.4, -0.2) is 30.3 Å². The lowest BCUT2D eigenvalue weighted by Gasteiger charge is -2.28. The van der Waals surface area contributed by atoms with Crippen molar-refractivity contribution in [3.8, 4) is 5.75 Å². The molecule has 0 fully saturated rings. The average molecular weight is 413 g/mol. The number of rotatable bonds is 9. The molecule has 1 N–H and O–H groups in total. The number of phenolic OH excluding ortho intramolecular Hbond substituents is 1. The van der Waals surface area contributed by atoms with Gasteiger partial charge in [0.25, 0.3) is 0 Å². The number of carbonyl (C=O) groups is 1. The normalized spacial score (nSPS) is 13.0. The lowest BCUT2D eigenvalue weighted by atomic mass is 9.78. The van der Waals surface area contributed by atoms with Crippen molar-refractivity contribution in [3.05, 3.63) is 28.8 Å². The number of ketones is 1. The molecule has 1 aromatic carbocycles. The molecule has 0 amide bonds. The highest BCUT2D eigenvalue weighted by atomic mass is 31.2. The molecule has 28 heavy (non-hydrogen) atoms. The fourth-order valence-corrected chi connectivity index (χ4v) is 4.72. The van der Waals surface area contributed by atoms with Crippen LogP contribution in [0.15, 0.2) is 12.1 Å². The zero-order valence-corrected chi connectivity index (χ0v) is 19.6. The Labute approximate surface area is 170 Å². The molecule has 0 aromatic heterocycles. The summed E-state index contributed by atoms with van der Waals surface area (Å²) in [6, 6.07) is 3.95. The van der Waals surface area contributed by atoms with Gasteiger partial charge in [-0.3, -0.25) is 9.36 Å². The van der Waals surface area contributed by atoms with Gasteiger partial charge >= 0.3 is 7.60 Å². The molecule has 160 valence electrons. The maximum Gasteiger partial charge on any atom is 0.338 e. The average Bonchev–Trinajstić information content (AvgIpc) is 2.51. The summed E-state index contributed by atoms with van der Waals surface area (Å²) in [4.78, 5) is 12.4. The minimum atomic E-state index is -3.37. The number of benzene rings is 1. The van der Waals surface area contributed by atoms with Crippen LogP contribution in [0.25, 0.3) is 0 Å². The third kappa shape index (κ3) is 7.02. The van der Waals surface area contributed by atoms with Crippen molar-refractivity contribution < 1.29 is 23.5 Å². The molecular formula is C22H37O5P. The van der Waals surface area contributed by atoms with E-state index in [-0.39, 0.29) is 42.4 Å². The maximum absolute atomic E-state index is 12.6. The van der Waals surface area contributed by atoms with Crippen LogP contribution in [0.2, 0.25) is 0 Å². The Kier molecular flexibility index (Phi) is 8.49. The lowest BCUT2D eigenvalue weighted by molar-refractivity contribution is -0.116. The van der Waals surface area contributed by atoms with Crippen LogP contribution in [0.4, 0.5) is 0 Å². The van der Waals surface area contributed by atoms with E-state index in [1.165, 1.54) is 0 Å². The molecule has 5 nitrogen and oxygen atoms in total. The van der Waals surface area contributed by atoms with E-state index < -0.39 is 7.60 Å². The number of hydrogen-bond donors (Lipinski definition) is 1. The van der Waals surface area contributed by atoms with Crippen molar-refractivity contribution in [1.29, 1.82) is 0 Å². The predicted octanol–water partition coefficient (Wildman–Crippen LogP) is 5.76. The third-order valence-corrected chi connectivity index (χ3v) is 6.54. The SMILES string of the molecule is CCOP(=O)(CC(=O)CCc1cc(C(C)(C)C)c(O)c(C(C)(C)C)c1)OCC. The lowest BCUT2D eigenvalue weighted by Crippen LogP contribution is -2.18. The summed E-state index contributed by atoms with van der Waals surface area (Å²) in [5.74, 6) is 0.181. The Morgan fingerprint density at radius 3 is 1.75 bits per heavy atom. The van der Waals surface area contributed by atoms with Crippen molar-refractivity contribution in [2.24, 2.45) is 0 Å². The minimum Gasteiger partial charge on any atom is -0.507 e. The first kappa shape index (κ1) is 24.9. The quantitative estimate of drug-likeness (QED) is 0.523. The van der Waals surface area contributed by atoms with E-state index >= 15 is 0 Å². The van der Waals surface area contributed by atoms with Crippen LogP contribution in [0.1, 0.15) is 78.5 Å². The van der Waals surface area contributed by atoms with E-state index in [4.69, 9.17) is 9.05 Å². The molecule has 0 aliphatic rings. The first-order valence-electron chi connectivity index (χ1n) is 10.00. The highest BCUT2D eigenvalue weighted by Gasteiger charge is 2.29. The summed E-state index contributed by atoms with van der Waals surface area (Å²) < 4.78 is 23.0. The molecule has 0 aliphatic heterocycles. The molecule has 0 saturated carbocycles. The number of phenols is 1. The van der Waals surface area contributed by atoms with E-state index in [0.29, 0.717) is 12.2 Å². The van der Waals surface area contributed by atoms with Gasteiger partial charge in [0.1, 0.15) is 17.7 Å². The first-order valence-corrected chi connectivity index (χ1v) is 11.7. The fourth-order valence-electron chi connectivity index (χ4n) is 3.08. The number of hydrogen-bond acceptors (Lipinski definition) is 5. The van der Waals surface area contributed by atoms with Crippen molar-refractivity contribution >= 4 is 13.4 Å². The monoisotopic (exact) mass is 412 g/mol. The molecule has 0 aliphatic carbocycles. The highest BCUT2D eigenvalue weighted by Crippen LogP contribution is 2.48. The number of aryl methyl sites for hydroxylation is 1. The summed E-state index contributed by atoms with van der Waals surface area (Å²) in [6.45, 7) is 16.3. The molecule has 0 atom stereocenters. The standard InChI is InChI=1S/C22H37O5P/c1-9-26-28(25,27-10-2)15-17(23)12-11-16-13-18(21(3,4)5)20(24)19(14-16)22(6,7)8/h13-14,24H,9-12,15H2,1-8H3. The summed E-state index contributed by atoms with van der Waals surface area (Å²) in [5, 5.41) is 10.8. The van der Waals surface area contributed by atoms with Crippen LogP contribution in [0, 0.1) is 0 Å². The Balaban J connectivity index is 3.06. The van der Waals surface area contributed by atoms with E-state index in [1.807, 2.05) is 12.1 Å². The predicted molar refractivity (Wildman–Crippen MR) is 115 cm³/mol. The summed E-state index contributed by atoms with van der Waals surface area (Å²) >= 11 is 0. The van der Waals surface area contributed by atoms with E-state index in [2.05, 4.69) is 41.5 Å². The van der Waals surface area contributed by atoms with Crippen LogP contribution in [0.3, 0.4) is 0 Å². The molecule has 0 heterocycles. The molecular weight excluding hydrogens is 375 g/mol. The van der Waals surface area contributed by atoms with Gasteiger partial charge in [-0.25, -0.2) is 0 Å². The molecule has 6 heteroatoms. The summed E-state index contributed by atoms with van der Waals surface area (Å²) in [6.07, 6.45) is 0.566. The number of Topliss-reactive ketones (excluding diaryl/α,β-unsaturated/α-hetero) is 1. The van der Waals surface area contributed by atoms with Crippen molar-refractivity contribution in [1.82, 2.24) is 0 Å². The van der Waals surface area contributed by atoms with Gasteiger partial charge in [-0.15, -0.1) is 0 Å². The molecule has 0 spiro atoms. The van der Waals surface area contributed by atoms with Gasteiger partial charge in [-0.1, -0.05) is 53.7 Å². The Morgan fingerprint density at radius 1 is 0.964 bits per heavy atom. The zero-order chi connectivity index (χ0) is 21.8. The molecule has 0 radical (unpaired) electrons. The van der Waals surface area contributed by atoms with Gasteiger partial charge in [-0.2, -0.15) is 0 Å². The second kappa shape index (κ2) is 9.56. The number of carbonyl (C=O) groups excluding carboxylic acids is 1. The van der Waals surface area contributed by atoms with Crippen LogP contribution in [-0.2, 0) is 35.7 Å². The van der Waals surface area contributed by atoms with Gasteiger partial charge in [0.2, 0.25) is 0 Å². The molecule has 1 aromatic rings. The van der Waals surface area contributed by atoms with E-state index in [9.17, 15) is 14.5 Å². The second-order valence-electron chi connectivity index (χ2n) is 9.18. The van der Waals surface area contributed by atoms with Gasteiger partial charge in [0.05, 0.1) is 13.2 Å². The van der Waals surface area contributed by atoms with Crippen molar-refractivity contribution in [2.75, 3.05) is 19.4 Å². The first-order chi connectivity index (χ1) is 12.7.